The highest BCUT2D eigenvalue weighted by Crippen LogP contribution is 2.22. The van der Waals surface area contributed by atoms with E-state index in [4.69, 9.17) is 4.74 Å². The number of carbonyl (C=O) groups is 2. The van der Waals surface area contributed by atoms with Crippen molar-refractivity contribution in [3.8, 4) is 0 Å². The van der Waals surface area contributed by atoms with Gasteiger partial charge in [-0.05, 0) is 32.9 Å². The minimum absolute atomic E-state index is 0.0293. The Morgan fingerprint density at radius 3 is 2.43 bits per heavy atom. The summed E-state index contributed by atoms with van der Waals surface area (Å²) in [6.45, 7) is 8.71. The summed E-state index contributed by atoms with van der Waals surface area (Å²) in [7, 11) is 0. The number of ether oxygens (including phenoxy) is 1. The zero-order chi connectivity index (χ0) is 16.8. The number of anilines is 1. The van der Waals surface area contributed by atoms with Gasteiger partial charge in [0, 0.05) is 32.2 Å². The van der Waals surface area contributed by atoms with E-state index in [-0.39, 0.29) is 18.0 Å². The number of amides is 2. The fraction of sp³-hybridized carbons (Fsp3) is 0.529. The smallest absolute Gasteiger partial charge is 0.340 e. The molecule has 1 N–H and O–H groups in total. The molecule has 0 aromatic heterocycles. The van der Waals surface area contributed by atoms with Crippen LogP contribution in [0.5, 0.6) is 0 Å². The van der Waals surface area contributed by atoms with Crippen LogP contribution in [0.2, 0.25) is 0 Å². The molecule has 1 heterocycles. The third kappa shape index (κ3) is 4.37. The van der Waals surface area contributed by atoms with Crippen LogP contribution in [0.25, 0.3) is 0 Å². The molecule has 2 rings (SSSR count). The second-order valence-corrected chi connectivity index (χ2v) is 5.82. The van der Waals surface area contributed by atoms with Gasteiger partial charge in [-0.3, -0.25) is 0 Å². The summed E-state index contributed by atoms with van der Waals surface area (Å²) in [4.78, 5) is 28.1. The molecule has 0 aliphatic carbocycles. The molecule has 1 aromatic carbocycles. The predicted octanol–water partition coefficient (Wildman–Crippen LogP) is 2.10. The first-order valence-electron chi connectivity index (χ1n) is 8.09. The van der Waals surface area contributed by atoms with Gasteiger partial charge in [-0.1, -0.05) is 12.1 Å². The number of hydrogen-bond acceptors (Lipinski definition) is 4. The summed E-state index contributed by atoms with van der Waals surface area (Å²) in [6, 6.07) is 7.56. The molecule has 126 valence electrons. The number of para-hydroxylation sites is 1. The van der Waals surface area contributed by atoms with Crippen molar-refractivity contribution in [2.24, 2.45) is 0 Å². The molecule has 0 atom stereocenters. The molecule has 0 saturated carbocycles. The summed E-state index contributed by atoms with van der Waals surface area (Å²) in [5.74, 6) is -0.303. The lowest BCUT2D eigenvalue weighted by molar-refractivity contribution is 0.0527. The fourth-order valence-corrected chi connectivity index (χ4v) is 2.62. The van der Waals surface area contributed by atoms with E-state index in [1.165, 1.54) is 0 Å². The Bertz CT molecular complexity index is 552. The Hall–Kier alpha value is -2.24. The Balaban J connectivity index is 2.03. The van der Waals surface area contributed by atoms with Crippen LogP contribution < -0.4 is 10.2 Å². The van der Waals surface area contributed by atoms with Crippen molar-refractivity contribution in [3.05, 3.63) is 29.8 Å². The maximum Gasteiger partial charge on any atom is 0.340 e. The summed E-state index contributed by atoms with van der Waals surface area (Å²) >= 11 is 0. The highest BCUT2D eigenvalue weighted by Gasteiger charge is 2.24. The van der Waals surface area contributed by atoms with Gasteiger partial charge in [-0.15, -0.1) is 0 Å². The van der Waals surface area contributed by atoms with Crippen LogP contribution in [-0.2, 0) is 4.74 Å². The van der Waals surface area contributed by atoms with Crippen LogP contribution >= 0.6 is 0 Å². The first-order chi connectivity index (χ1) is 11.0. The first-order valence-corrected chi connectivity index (χ1v) is 8.09. The van der Waals surface area contributed by atoms with E-state index in [1.54, 1.807) is 13.0 Å². The number of urea groups is 1. The number of rotatable bonds is 4. The van der Waals surface area contributed by atoms with Crippen LogP contribution in [0.15, 0.2) is 24.3 Å². The number of benzene rings is 1. The Morgan fingerprint density at radius 1 is 1.17 bits per heavy atom. The third-order valence-electron chi connectivity index (χ3n) is 3.72. The molecular weight excluding hydrogens is 294 g/mol. The van der Waals surface area contributed by atoms with Gasteiger partial charge in [0.1, 0.15) is 0 Å². The zero-order valence-electron chi connectivity index (χ0n) is 14.0. The lowest BCUT2D eigenvalue weighted by Crippen LogP contribution is -2.53. The monoisotopic (exact) mass is 319 g/mol. The van der Waals surface area contributed by atoms with E-state index in [0.29, 0.717) is 38.3 Å². The van der Waals surface area contributed by atoms with Crippen molar-refractivity contribution in [1.82, 2.24) is 10.2 Å². The summed E-state index contributed by atoms with van der Waals surface area (Å²) in [5, 5.41) is 2.91. The first kappa shape index (κ1) is 17.1. The quantitative estimate of drug-likeness (QED) is 0.864. The number of esters is 1. The molecule has 0 spiro atoms. The van der Waals surface area contributed by atoms with Gasteiger partial charge < -0.3 is 19.9 Å². The SMILES string of the molecule is CCOC(=O)c1ccccc1N1CCN(C(=O)NC(C)C)CC1. The number of hydrogen-bond donors (Lipinski definition) is 1. The van der Waals surface area contributed by atoms with E-state index in [0.717, 1.165) is 5.69 Å². The highest BCUT2D eigenvalue weighted by atomic mass is 16.5. The van der Waals surface area contributed by atoms with Gasteiger partial charge in [0.05, 0.1) is 17.9 Å². The van der Waals surface area contributed by atoms with E-state index < -0.39 is 0 Å². The molecule has 0 unspecified atom stereocenters. The van der Waals surface area contributed by atoms with Crippen LogP contribution in [-0.4, -0.2) is 55.7 Å². The van der Waals surface area contributed by atoms with Crippen molar-refractivity contribution in [2.45, 2.75) is 26.8 Å². The molecule has 1 aliphatic heterocycles. The topological polar surface area (TPSA) is 61.9 Å². The average Bonchev–Trinajstić information content (AvgIpc) is 2.54. The number of nitrogens with one attached hydrogen (secondary N) is 1. The summed E-state index contributed by atoms with van der Waals surface area (Å²) in [5.41, 5.74) is 1.45. The molecule has 0 bridgehead atoms. The summed E-state index contributed by atoms with van der Waals surface area (Å²) in [6.07, 6.45) is 0. The minimum Gasteiger partial charge on any atom is -0.462 e. The number of nitrogens with zero attached hydrogens (tertiary/aromatic N) is 2. The molecule has 0 radical (unpaired) electrons. The molecule has 1 saturated heterocycles. The number of piperazine rings is 1. The second-order valence-electron chi connectivity index (χ2n) is 5.82. The normalized spacial score (nSPS) is 14.8. The van der Waals surface area contributed by atoms with E-state index in [1.807, 2.05) is 36.9 Å². The molecule has 6 nitrogen and oxygen atoms in total. The molecule has 2 amide bonds. The lowest BCUT2D eigenvalue weighted by Gasteiger charge is -2.37. The Kier molecular flexibility index (Phi) is 5.84. The Morgan fingerprint density at radius 2 is 1.83 bits per heavy atom. The van der Waals surface area contributed by atoms with Gasteiger partial charge in [0.25, 0.3) is 0 Å². The van der Waals surface area contributed by atoms with Crippen LogP contribution in [0, 0.1) is 0 Å². The predicted molar refractivity (Wildman–Crippen MR) is 89.9 cm³/mol. The lowest BCUT2D eigenvalue weighted by atomic mass is 10.1. The molecule has 23 heavy (non-hydrogen) atoms. The molecule has 1 aliphatic rings. The Labute approximate surface area is 137 Å². The zero-order valence-corrected chi connectivity index (χ0v) is 14.0. The van der Waals surface area contributed by atoms with Gasteiger partial charge in [0.2, 0.25) is 0 Å². The standard InChI is InChI=1S/C17H25N3O3/c1-4-23-16(21)14-7-5-6-8-15(14)19-9-11-20(12-10-19)17(22)18-13(2)3/h5-8,13H,4,9-12H2,1-3H3,(H,18,22). The van der Waals surface area contributed by atoms with Crippen LogP contribution in [0.3, 0.4) is 0 Å². The molecular formula is C17H25N3O3. The maximum absolute atomic E-state index is 12.1. The number of carbonyl (C=O) groups excluding carboxylic acids is 2. The average molecular weight is 319 g/mol. The van der Waals surface area contributed by atoms with Gasteiger partial charge in [-0.25, -0.2) is 9.59 Å². The van der Waals surface area contributed by atoms with Crippen molar-refractivity contribution >= 4 is 17.7 Å². The van der Waals surface area contributed by atoms with E-state index in [9.17, 15) is 9.59 Å². The highest BCUT2D eigenvalue weighted by molar-refractivity contribution is 5.96. The van der Waals surface area contributed by atoms with Crippen molar-refractivity contribution in [3.63, 3.8) is 0 Å². The maximum atomic E-state index is 12.1. The molecule has 1 fully saturated rings. The van der Waals surface area contributed by atoms with Crippen molar-refractivity contribution in [1.29, 1.82) is 0 Å². The van der Waals surface area contributed by atoms with Crippen LogP contribution in [0.1, 0.15) is 31.1 Å². The van der Waals surface area contributed by atoms with Gasteiger partial charge in [0.15, 0.2) is 0 Å². The van der Waals surface area contributed by atoms with E-state index in [2.05, 4.69) is 10.2 Å². The fourth-order valence-electron chi connectivity index (χ4n) is 2.62. The van der Waals surface area contributed by atoms with E-state index >= 15 is 0 Å². The summed E-state index contributed by atoms with van der Waals surface area (Å²) < 4.78 is 5.12. The van der Waals surface area contributed by atoms with Crippen LogP contribution in [0.4, 0.5) is 10.5 Å². The minimum atomic E-state index is -0.303. The van der Waals surface area contributed by atoms with Crippen molar-refractivity contribution in [2.75, 3.05) is 37.7 Å². The molecule has 1 aromatic rings. The largest absolute Gasteiger partial charge is 0.462 e. The second kappa shape index (κ2) is 7.85. The van der Waals surface area contributed by atoms with Crippen molar-refractivity contribution < 1.29 is 14.3 Å². The van der Waals surface area contributed by atoms with Gasteiger partial charge >= 0.3 is 12.0 Å². The third-order valence-corrected chi connectivity index (χ3v) is 3.72. The molecule has 6 heteroatoms. The van der Waals surface area contributed by atoms with Gasteiger partial charge in [-0.2, -0.15) is 0 Å².